The summed E-state index contributed by atoms with van der Waals surface area (Å²) in [5, 5.41) is 5.31. The number of rotatable bonds is 4. The maximum atomic E-state index is 12.3. The third-order valence-electron chi connectivity index (χ3n) is 5.49. The van der Waals surface area contributed by atoms with Gasteiger partial charge in [-0.05, 0) is 43.2 Å². The van der Waals surface area contributed by atoms with Gasteiger partial charge >= 0.3 is 6.03 Å². The van der Waals surface area contributed by atoms with Crippen LogP contribution in [-0.2, 0) is 11.3 Å². The fourth-order valence-corrected chi connectivity index (χ4v) is 3.94. The second kappa shape index (κ2) is 7.73. The highest BCUT2D eigenvalue weighted by Gasteiger charge is 2.36. The van der Waals surface area contributed by atoms with Gasteiger partial charge in [-0.25, -0.2) is 4.79 Å². The number of nitrogens with one attached hydrogen (secondary N) is 2. The zero-order valence-corrected chi connectivity index (χ0v) is 14.2. The minimum atomic E-state index is -0.347. The Hall–Kier alpha value is -1.98. The van der Waals surface area contributed by atoms with Crippen LogP contribution in [0.25, 0.3) is 0 Å². The first-order valence-corrected chi connectivity index (χ1v) is 8.99. The average Bonchev–Trinajstić information content (AvgIpc) is 3.13. The number of carbonyl (C=O) groups excluding carboxylic acids is 2. The molecule has 1 saturated carbocycles. The lowest BCUT2D eigenvalue weighted by atomic mass is 9.68. The van der Waals surface area contributed by atoms with Crippen LogP contribution in [-0.4, -0.2) is 36.5 Å². The molecule has 1 spiro atoms. The van der Waals surface area contributed by atoms with Gasteiger partial charge in [0.05, 0.1) is 19.4 Å². The van der Waals surface area contributed by atoms with E-state index in [1.165, 1.54) is 32.1 Å². The molecule has 132 valence electrons. The van der Waals surface area contributed by atoms with Gasteiger partial charge < -0.3 is 20.0 Å². The quantitative estimate of drug-likeness (QED) is 0.889. The number of hydrogen-bond acceptors (Lipinski definition) is 3. The number of hydrogen-bond donors (Lipinski definition) is 2. The van der Waals surface area contributed by atoms with Crippen LogP contribution in [0.5, 0.6) is 0 Å². The zero-order chi connectivity index (χ0) is 16.8. The van der Waals surface area contributed by atoms with Crippen LogP contribution in [0, 0.1) is 5.41 Å². The predicted octanol–water partition coefficient (Wildman–Crippen LogP) is 2.65. The van der Waals surface area contributed by atoms with Crippen molar-refractivity contribution in [1.82, 2.24) is 15.5 Å². The molecule has 6 heteroatoms. The van der Waals surface area contributed by atoms with E-state index in [9.17, 15) is 9.59 Å². The smallest absolute Gasteiger partial charge is 0.315 e. The summed E-state index contributed by atoms with van der Waals surface area (Å²) < 4.78 is 5.14. The topological polar surface area (TPSA) is 74.6 Å². The lowest BCUT2D eigenvalue weighted by Gasteiger charge is -2.44. The first-order valence-electron chi connectivity index (χ1n) is 8.99. The van der Waals surface area contributed by atoms with Crippen molar-refractivity contribution >= 4 is 11.9 Å². The second-order valence-electron chi connectivity index (χ2n) is 7.06. The molecule has 2 heterocycles. The highest BCUT2D eigenvalue weighted by atomic mass is 16.3. The molecule has 3 amide bonds. The van der Waals surface area contributed by atoms with Gasteiger partial charge in [0.25, 0.3) is 0 Å². The van der Waals surface area contributed by atoms with Crippen LogP contribution in [0.4, 0.5) is 4.79 Å². The Labute approximate surface area is 143 Å². The van der Waals surface area contributed by atoms with Crippen molar-refractivity contribution in [3.63, 3.8) is 0 Å². The largest absolute Gasteiger partial charge is 0.467 e. The number of amides is 3. The highest BCUT2D eigenvalue weighted by molar-refractivity contribution is 5.84. The van der Waals surface area contributed by atoms with E-state index in [-0.39, 0.29) is 18.5 Å². The van der Waals surface area contributed by atoms with E-state index < -0.39 is 0 Å². The van der Waals surface area contributed by atoms with Crippen molar-refractivity contribution in [3.05, 3.63) is 24.2 Å². The van der Waals surface area contributed by atoms with Crippen molar-refractivity contribution in [3.8, 4) is 0 Å². The number of nitrogens with zero attached hydrogens (tertiary/aromatic N) is 1. The standard InChI is InChI=1S/C18H27N3O3/c22-16(14-20-17(23)19-13-15-5-4-12-24-15)21-10-8-18(9-11-21)6-2-1-3-7-18/h4-5,12H,1-3,6-11,13-14H2,(H2,19,20,23). The molecule has 1 aliphatic heterocycles. The number of urea groups is 1. The molecule has 0 aromatic carbocycles. The monoisotopic (exact) mass is 333 g/mol. The van der Waals surface area contributed by atoms with Crippen LogP contribution in [0.3, 0.4) is 0 Å². The fraction of sp³-hybridized carbons (Fsp3) is 0.667. The van der Waals surface area contributed by atoms with Crippen molar-refractivity contribution in [2.24, 2.45) is 5.41 Å². The van der Waals surface area contributed by atoms with Crippen LogP contribution in [0.15, 0.2) is 22.8 Å². The van der Waals surface area contributed by atoms with E-state index in [4.69, 9.17) is 4.42 Å². The molecule has 2 fully saturated rings. The number of furan rings is 1. The first-order chi connectivity index (χ1) is 11.7. The summed E-state index contributed by atoms with van der Waals surface area (Å²) in [4.78, 5) is 25.9. The summed E-state index contributed by atoms with van der Waals surface area (Å²) in [6.07, 6.45) is 10.5. The van der Waals surface area contributed by atoms with E-state index in [1.54, 1.807) is 18.4 Å². The molecule has 1 aromatic heterocycles. The highest BCUT2D eigenvalue weighted by Crippen LogP contribution is 2.44. The van der Waals surface area contributed by atoms with Crippen molar-refractivity contribution in [1.29, 1.82) is 0 Å². The Morgan fingerprint density at radius 3 is 2.50 bits per heavy atom. The maximum absolute atomic E-state index is 12.3. The lowest BCUT2D eigenvalue weighted by Crippen LogP contribution is -2.48. The van der Waals surface area contributed by atoms with E-state index in [1.807, 2.05) is 4.90 Å². The molecule has 1 aliphatic carbocycles. The molecule has 0 atom stereocenters. The van der Waals surface area contributed by atoms with Crippen LogP contribution < -0.4 is 10.6 Å². The molecule has 3 rings (SSSR count). The van der Waals surface area contributed by atoms with Gasteiger partial charge in [0.15, 0.2) is 0 Å². The lowest BCUT2D eigenvalue weighted by molar-refractivity contribution is -0.132. The number of carbonyl (C=O) groups is 2. The number of likely N-dealkylation sites (tertiary alicyclic amines) is 1. The van der Waals surface area contributed by atoms with Gasteiger partial charge in [-0.3, -0.25) is 4.79 Å². The summed E-state index contributed by atoms with van der Waals surface area (Å²) in [5.41, 5.74) is 0.489. The van der Waals surface area contributed by atoms with E-state index in [2.05, 4.69) is 10.6 Å². The Morgan fingerprint density at radius 1 is 1.08 bits per heavy atom. The third kappa shape index (κ3) is 4.30. The van der Waals surface area contributed by atoms with E-state index in [0.717, 1.165) is 25.9 Å². The van der Waals surface area contributed by atoms with Crippen LogP contribution in [0.2, 0.25) is 0 Å². The molecule has 1 aromatic rings. The molecular weight excluding hydrogens is 306 g/mol. The minimum absolute atomic E-state index is 0.00816. The maximum Gasteiger partial charge on any atom is 0.315 e. The Bertz CT molecular complexity index is 540. The summed E-state index contributed by atoms with van der Waals surface area (Å²) >= 11 is 0. The Kier molecular flexibility index (Phi) is 5.43. The van der Waals surface area contributed by atoms with Gasteiger partial charge in [-0.2, -0.15) is 0 Å². The SMILES string of the molecule is O=C(NCC(=O)N1CCC2(CCCCC2)CC1)NCc1ccco1. The summed E-state index contributed by atoms with van der Waals surface area (Å²) in [7, 11) is 0. The molecular formula is C18H27N3O3. The summed E-state index contributed by atoms with van der Waals surface area (Å²) in [5.74, 6) is 0.694. The molecule has 0 bridgehead atoms. The van der Waals surface area contributed by atoms with Gasteiger partial charge in [0, 0.05) is 13.1 Å². The molecule has 1 saturated heterocycles. The van der Waals surface area contributed by atoms with Crippen molar-refractivity contribution in [2.75, 3.05) is 19.6 Å². The minimum Gasteiger partial charge on any atom is -0.467 e. The Balaban J connectivity index is 1.35. The molecule has 0 radical (unpaired) electrons. The third-order valence-corrected chi connectivity index (χ3v) is 5.49. The van der Waals surface area contributed by atoms with Gasteiger partial charge in [0.1, 0.15) is 5.76 Å². The molecule has 24 heavy (non-hydrogen) atoms. The Morgan fingerprint density at radius 2 is 1.83 bits per heavy atom. The van der Waals surface area contributed by atoms with Crippen LogP contribution in [0.1, 0.15) is 50.7 Å². The molecule has 2 N–H and O–H groups in total. The van der Waals surface area contributed by atoms with Gasteiger partial charge in [0.2, 0.25) is 5.91 Å². The fourth-order valence-electron chi connectivity index (χ4n) is 3.94. The summed E-state index contributed by atoms with van der Waals surface area (Å²) in [6.45, 7) is 2.03. The molecule has 2 aliphatic rings. The van der Waals surface area contributed by atoms with E-state index in [0.29, 0.717) is 17.7 Å². The molecule has 6 nitrogen and oxygen atoms in total. The van der Waals surface area contributed by atoms with Crippen molar-refractivity contribution in [2.45, 2.75) is 51.5 Å². The molecule has 0 unspecified atom stereocenters. The number of piperidine rings is 1. The first kappa shape index (κ1) is 16.9. The van der Waals surface area contributed by atoms with Crippen molar-refractivity contribution < 1.29 is 14.0 Å². The predicted molar refractivity (Wildman–Crippen MR) is 90.3 cm³/mol. The van der Waals surface area contributed by atoms with Gasteiger partial charge in [-0.15, -0.1) is 0 Å². The normalized spacial score (nSPS) is 19.9. The van der Waals surface area contributed by atoms with E-state index >= 15 is 0 Å². The zero-order valence-electron chi connectivity index (χ0n) is 14.2. The van der Waals surface area contributed by atoms with Gasteiger partial charge in [-0.1, -0.05) is 19.3 Å². The van der Waals surface area contributed by atoms with Crippen LogP contribution >= 0.6 is 0 Å². The average molecular weight is 333 g/mol. The second-order valence-corrected chi connectivity index (χ2v) is 7.06. The summed E-state index contributed by atoms with van der Waals surface area (Å²) in [6, 6.07) is 3.22.